The molecule has 1 aromatic carbocycles. The SMILES string of the molecule is O=CC(=O)c1c2ccccc2c(S)n1C(Cl)(Cl)Cl. The molecule has 0 unspecified atom stereocenters. The second kappa shape index (κ2) is 4.78. The lowest BCUT2D eigenvalue weighted by Crippen LogP contribution is -2.20. The van der Waals surface area contributed by atoms with Crippen LogP contribution in [0, 0.1) is 0 Å². The number of rotatable bonds is 2. The lowest BCUT2D eigenvalue weighted by molar-refractivity contribution is -0.104. The largest absolute Gasteiger partial charge is 0.294 e. The summed E-state index contributed by atoms with van der Waals surface area (Å²) in [6.07, 6.45) is 0.182. The zero-order valence-corrected chi connectivity index (χ0v) is 11.9. The van der Waals surface area contributed by atoms with Gasteiger partial charge in [0.1, 0.15) is 5.69 Å². The fraction of sp³-hybridized carbons (Fsp3) is 0.0909. The number of hydrogen-bond donors (Lipinski definition) is 1. The molecule has 18 heavy (non-hydrogen) atoms. The van der Waals surface area contributed by atoms with Crippen LogP contribution in [-0.4, -0.2) is 16.6 Å². The van der Waals surface area contributed by atoms with Crippen molar-refractivity contribution in [1.82, 2.24) is 4.57 Å². The first-order valence-corrected chi connectivity index (χ1v) is 6.35. The first-order chi connectivity index (χ1) is 8.38. The van der Waals surface area contributed by atoms with Gasteiger partial charge in [0.2, 0.25) is 5.78 Å². The highest BCUT2D eigenvalue weighted by atomic mass is 35.6. The number of Topliss-reactive ketones (excluding diaryl/α,β-unsaturated/α-hetero) is 1. The molecule has 94 valence electrons. The highest BCUT2D eigenvalue weighted by Gasteiger charge is 2.32. The molecule has 0 spiro atoms. The summed E-state index contributed by atoms with van der Waals surface area (Å²) >= 11 is 21.7. The standard InChI is InChI=1S/C11H6Cl3NO2S/c12-11(13,14)15-9(8(17)5-16)6-3-1-2-4-7(6)10(15)18/h1-5,18H. The zero-order chi connectivity index (χ0) is 13.5. The smallest absolute Gasteiger partial charge is 0.273 e. The highest BCUT2D eigenvalue weighted by molar-refractivity contribution is 7.80. The minimum absolute atomic E-state index is 0.0191. The van der Waals surface area contributed by atoms with Crippen molar-refractivity contribution >= 4 is 70.3 Å². The van der Waals surface area contributed by atoms with Gasteiger partial charge in [0.25, 0.3) is 3.92 Å². The molecule has 0 aliphatic heterocycles. The van der Waals surface area contributed by atoms with E-state index in [1.54, 1.807) is 24.3 Å². The number of aldehydes is 1. The van der Waals surface area contributed by atoms with Crippen molar-refractivity contribution in [2.24, 2.45) is 0 Å². The van der Waals surface area contributed by atoms with Gasteiger partial charge in [-0.05, 0) is 0 Å². The molecule has 0 N–H and O–H groups in total. The van der Waals surface area contributed by atoms with E-state index in [9.17, 15) is 9.59 Å². The monoisotopic (exact) mass is 321 g/mol. The molecule has 0 aliphatic rings. The maximum absolute atomic E-state index is 11.7. The number of hydrogen-bond acceptors (Lipinski definition) is 3. The fourth-order valence-electron chi connectivity index (χ4n) is 1.78. The van der Waals surface area contributed by atoms with Crippen LogP contribution in [0.25, 0.3) is 10.8 Å². The Morgan fingerprint density at radius 3 is 2.28 bits per heavy atom. The van der Waals surface area contributed by atoms with E-state index in [0.29, 0.717) is 15.8 Å². The van der Waals surface area contributed by atoms with Gasteiger partial charge >= 0.3 is 0 Å². The van der Waals surface area contributed by atoms with E-state index in [1.807, 2.05) is 0 Å². The molecule has 2 aromatic rings. The van der Waals surface area contributed by atoms with Crippen LogP contribution in [0.1, 0.15) is 10.5 Å². The third-order valence-electron chi connectivity index (χ3n) is 2.45. The van der Waals surface area contributed by atoms with Crippen molar-refractivity contribution < 1.29 is 9.59 Å². The molecular formula is C11H6Cl3NO2S. The van der Waals surface area contributed by atoms with E-state index in [1.165, 1.54) is 0 Å². The van der Waals surface area contributed by atoms with Gasteiger partial charge in [0.05, 0.1) is 5.03 Å². The Morgan fingerprint density at radius 2 is 1.78 bits per heavy atom. The van der Waals surface area contributed by atoms with Crippen LogP contribution < -0.4 is 0 Å². The summed E-state index contributed by atoms with van der Waals surface area (Å²) < 4.78 is -0.785. The number of ketones is 1. The normalized spacial score (nSPS) is 11.8. The van der Waals surface area contributed by atoms with Crippen molar-refractivity contribution in [2.45, 2.75) is 8.94 Å². The Kier molecular flexibility index (Phi) is 3.65. The molecule has 0 bridgehead atoms. The van der Waals surface area contributed by atoms with Gasteiger partial charge in [-0.3, -0.25) is 14.2 Å². The van der Waals surface area contributed by atoms with E-state index in [4.69, 9.17) is 34.8 Å². The van der Waals surface area contributed by atoms with E-state index in [0.717, 1.165) is 4.57 Å². The van der Waals surface area contributed by atoms with Gasteiger partial charge in [-0.25, -0.2) is 0 Å². The van der Waals surface area contributed by atoms with E-state index in [-0.39, 0.29) is 12.0 Å². The molecule has 3 nitrogen and oxygen atoms in total. The molecule has 2 rings (SSSR count). The van der Waals surface area contributed by atoms with Gasteiger partial charge in [0.15, 0.2) is 6.29 Å². The number of benzene rings is 1. The van der Waals surface area contributed by atoms with Gasteiger partial charge in [0, 0.05) is 10.8 Å². The Labute approximate surface area is 123 Å². The van der Waals surface area contributed by atoms with E-state index in [2.05, 4.69) is 12.6 Å². The van der Waals surface area contributed by atoms with Gasteiger partial charge in [-0.2, -0.15) is 0 Å². The Balaban J connectivity index is 2.95. The van der Waals surface area contributed by atoms with Gasteiger partial charge in [-0.15, -0.1) is 12.6 Å². The fourth-order valence-corrected chi connectivity index (χ4v) is 2.91. The maximum atomic E-state index is 11.7. The molecule has 1 aromatic heterocycles. The molecule has 0 aliphatic carbocycles. The number of aromatic nitrogens is 1. The summed E-state index contributed by atoms with van der Waals surface area (Å²) in [6.45, 7) is 0. The van der Waals surface area contributed by atoms with Crippen LogP contribution >= 0.6 is 47.4 Å². The maximum Gasteiger partial charge on any atom is 0.273 e. The predicted octanol–water partition coefficient (Wildman–Crippen LogP) is 3.60. The first kappa shape index (κ1) is 13.7. The number of alkyl halides is 3. The van der Waals surface area contributed by atoms with Gasteiger partial charge in [-0.1, -0.05) is 59.1 Å². The lowest BCUT2D eigenvalue weighted by atomic mass is 10.1. The molecule has 0 amide bonds. The molecule has 7 heteroatoms. The summed E-state index contributed by atoms with van der Waals surface area (Å²) in [5, 5.41) is 1.47. The lowest BCUT2D eigenvalue weighted by Gasteiger charge is -2.17. The van der Waals surface area contributed by atoms with Crippen LogP contribution in [0.4, 0.5) is 0 Å². The van der Waals surface area contributed by atoms with Crippen molar-refractivity contribution in [3.63, 3.8) is 0 Å². The van der Waals surface area contributed by atoms with Crippen molar-refractivity contribution in [3.8, 4) is 0 Å². The quantitative estimate of drug-likeness (QED) is 0.302. The minimum Gasteiger partial charge on any atom is -0.294 e. The summed E-state index contributed by atoms with van der Waals surface area (Å²) in [4.78, 5) is 22.4. The number of halogens is 3. The van der Waals surface area contributed by atoms with Crippen LogP contribution in [0.3, 0.4) is 0 Å². The van der Waals surface area contributed by atoms with Crippen LogP contribution in [0.5, 0.6) is 0 Å². The average molecular weight is 323 g/mol. The summed E-state index contributed by atoms with van der Waals surface area (Å²) in [5.41, 5.74) is 0.0191. The van der Waals surface area contributed by atoms with Crippen molar-refractivity contribution in [2.75, 3.05) is 0 Å². The number of thiol groups is 1. The second-order valence-corrected chi connectivity index (χ2v) is 6.15. The van der Waals surface area contributed by atoms with Crippen LogP contribution in [0.15, 0.2) is 29.3 Å². The summed E-state index contributed by atoms with van der Waals surface area (Å²) in [7, 11) is 0. The molecule has 0 saturated carbocycles. The Bertz CT molecular complexity index is 646. The van der Waals surface area contributed by atoms with Crippen LogP contribution in [0.2, 0.25) is 0 Å². The predicted molar refractivity (Wildman–Crippen MR) is 75.1 cm³/mol. The van der Waals surface area contributed by atoms with E-state index < -0.39 is 9.70 Å². The average Bonchev–Trinajstić information content (AvgIpc) is 2.62. The first-order valence-electron chi connectivity index (χ1n) is 4.77. The topological polar surface area (TPSA) is 39.1 Å². The van der Waals surface area contributed by atoms with Crippen LogP contribution in [-0.2, 0) is 8.71 Å². The third kappa shape index (κ3) is 2.14. The molecule has 1 heterocycles. The minimum atomic E-state index is -1.90. The summed E-state index contributed by atoms with van der Waals surface area (Å²) in [5.74, 6) is -0.766. The molecular weight excluding hydrogens is 317 g/mol. The second-order valence-electron chi connectivity index (χ2n) is 3.50. The number of carbonyl (C=O) groups excluding carboxylic acids is 2. The molecule has 0 atom stereocenters. The molecule has 0 radical (unpaired) electrons. The third-order valence-corrected chi connectivity index (χ3v) is 3.40. The molecule has 0 fully saturated rings. The number of fused-ring (bicyclic) bond motifs is 1. The van der Waals surface area contributed by atoms with Gasteiger partial charge < -0.3 is 0 Å². The number of nitrogens with zero attached hydrogens (tertiary/aromatic N) is 1. The zero-order valence-electron chi connectivity index (χ0n) is 8.73. The summed E-state index contributed by atoms with van der Waals surface area (Å²) in [6, 6.07) is 6.88. The Morgan fingerprint density at radius 1 is 1.22 bits per heavy atom. The Hall–Kier alpha value is -0.680. The number of carbonyl (C=O) groups is 2. The molecule has 0 saturated heterocycles. The van der Waals surface area contributed by atoms with Crippen molar-refractivity contribution in [3.05, 3.63) is 30.0 Å². The van der Waals surface area contributed by atoms with Crippen molar-refractivity contribution in [1.29, 1.82) is 0 Å². The highest BCUT2D eigenvalue weighted by Crippen LogP contribution is 2.41. The van der Waals surface area contributed by atoms with E-state index >= 15 is 0 Å².